The summed E-state index contributed by atoms with van der Waals surface area (Å²) in [5.74, 6) is 1.11. The fraction of sp³-hybridized carbons (Fsp3) is 0.136. The number of nitrogens with zero attached hydrogens (tertiary/aromatic N) is 2. The van der Waals surface area contributed by atoms with Crippen molar-refractivity contribution in [2.24, 2.45) is 0 Å². The third kappa shape index (κ3) is 4.18. The minimum Gasteiger partial charge on any atom is -0.439 e. The number of aryl methyl sites for hydroxylation is 1. The number of ether oxygens (including phenoxy) is 1. The molecule has 140 valence electrons. The van der Waals surface area contributed by atoms with E-state index in [-0.39, 0.29) is 5.91 Å². The lowest BCUT2D eigenvalue weighted by atomic mass is 10.2. The molecule has 4 aromatic rings. The maximum Gasteiger partial charge on any atom is 0.251 e. The topological polar surface area (TPSA) is 64.1 Å². The van der Waals surface area contributed by atoms with Crippen LogP contribution in [0.5, 0.6) is 11.6 Å². The highest BCUT2D eigenvalue weighted by molar-refractivity contribution is 7.18. The maximum absolute atomic E-state index is 12.5. The molecule has 2 heterocycles. The molecule has 0 unspecified atom stereocenters. The van der Waals surface area contributed by atoms with Gasteiger partial charge in [-0.2, -0.15) is 0 Å². The van der Waals surface area contributed by atoms with Crippen LogP contribution in [-0.2, 0) is 13.0 Å². The predicted octanol–water partition coefficient (Wildman–Crippen LogP) is 4.98. The van der Waals surface area contributed by atoms with Crippen molar-refractivity contribution in [1.82, 2.24) is 15.3 Å². The van der Waals surface area contributed by atoms with E-state index in [9.17, 15) is 4.79 Å². The normalized spacial score (nSPS) is 10.8. The van der Waals surface area contributed by atoms with E-state index in [1.807, 2.05) is 54.6 Å². The number of carbonyl (C=O) groups excluding carboxylic acids is 1. The van der Waals surface area contributed by atoms with Crippen molar-refractivity contribution in [3.8, 4) is 11.6 Å². The quantitative estimate of drug-likeness (QED) is 0.505. The number of pyridine rings is 1. The Bertz CT molecular complexity index is 1110. The third-order valence-electron chi connectivity index (χ3n) is 4.21. The van der Waals surface area contributed by atoms with Gasteiger partial charge >= 0.3 is 0 Å². The van der Waals surface area contributed by atoms with Gasteiger partial charge in [0.05, 0.1) is 15.2 Å². The minimum atomic E-state index is -0.107. The van der Waals surface area contributed by atoms with E-state index in [2.05, 4.69) is 22.2 Å². The van der Waals surface area contributed by atoms with Gasteiger partial charge in [0.2, 0.25) is 5.88 Å². The van der Waals surface area contributed by atoms with E-state index in [4.69, 9.17) is 4.74 Å². The summed E-state index contributed by atoms with van der Waals surface area (Å²) in [5, 5.41) is 4.05. The number of fused-ring (bicyclic) bond motifs is 1. The monoisotopic (exact) mass is 389 g/mol. The summed E-state index contributed by atoms with van der Waals surface area (Å²) in [6, 6.07) is 18.7. The van der Waals surface area contributed by atoms with Gasteiger partial charge in [0.15, 0.2) is 0 Å². The van der Waals surface area contributed by atoms with Gasteiger partial charge in [0.25, 0.3) is 5.91 Å². The number of carbonyl (C=O) groups is 1. The van der Waals surface area contributed by atoms with Gasteiger partial charge in [-0.05, 0) is 48.4 Å². The number of amides is 1. The van der Waals surface area contributed by atoms with Crippen LogP contribution in [0.15, 0.2) is 66.9 Å². The van der Waals surface area contributed by atoms with Gasteiger partial charge < -0.3 is 10.1 Å². The standard InChI is InChI=1S/C22H19N3O2S/c1-2-21-25-18-10-9-16(13-19(18)28-21)22(26)24-14-15-6-5-7-17(12-15)27-20-8-3-4-11-23-20/h3-13H,2,14H2,1H3,(H,24,26). The van der Waals surface area contributed by atoms with E-state index < -0.39 is 0 Å². The summed E-state index contributed by atoms with van der Waals surface area (Å²) in [6.07, 6.45) is 2.58. The summed E-state index contributed by atoms with van der Waals surface area (Å²) >= 11 is 1.63. The van der Waals surface area contributed by atoms with E-state index in [1.165, 1.54) is 0 Å². The molecular formula is C22H19N3O2S. The second-order valence-corrected chi connectivity index (χ2v) is 7.36. The maximum atomic E-state index is 12.5. The number of hydrogen-bond acceptors (Lipinski definition) is 5. The highest BCUT2D eigenvalue weighted by Gasteiger charge is 2.09. The molecule has 5 nitrogen and oxygen atoms in total. The van der Waals surface area contributed by atoms with Gasteiger partial charge in [-0.15, -0.1) is 11.3 Å². The average Bonchev–Trinajstić information content (AvgIpc) is 3.15. The Morgan fingerprint density at radius 1 is 1.11 bits per heavy atom. The summed E-state index contributed by atoms with van der Waals surface area (Å²) in [5.41, 5.74) is 2.53. The van der Waals surface area contributed by atoms with Crippen molar-refractivity contribution < 1.29 is 9.53 Å². The molecule has 0 fully saturated rings. The van der Waals surface area contributed by atoms with Crippen molar-refractivity contribution in [2.45, 2.75) is 19.9 Å². The van der Waals surface area contributed by atoms with Gasteiger partial charge in [-0.1, -0.05) is 25.1 Å². The number of hydrogen-bond donors (Lipinski definition) is 1. The van der Waals surface area contributed by atoms with Crippen LogP contribution in [-0.4, -0.2) is 15.9 Å². The largest absolute Gasteiger partial charge is 0.439 e. The average molecular weight is 389 g/mol. The Morgan fingerprint density at radius 3 is 2.86 bits per heavy atom. The lowest BCUT2D eigenvalue weighted by Crippen LogP contribution is -2.22. The Hall–Kier alpha value is -3.25. The van der Waals surface area contributed by atoms with Gasteiger partial charge in [-0.25, -0.2) is 9.97 Å². The second kappa shape index (κ2) is 8.19. The zero-order valence-electron chi connectivity index (χ0n) is 15.4. The number of rotatable bonds is 6. The van der Waals surface area contributed by atoms with Crippen molar-refractivity contribution in [2.75, 3.05) is 0 Å². The minimum absolute atomic E-state index is 0.107. The van der Waals surface area contributed by atoms with Crippen LogP contribution in [0.4, 0.5) is 0 Å². The predicted molar refractivity (Wildman–Crippen MR) is 111 cm³/mol. The molecule has 0 aliphatic heterocycles. The summed E-state index contributed by atoms with van der Waals surface area (Å²) in [7, 11) is 0. The molecular weight excluding hydrogens is 370 g/mol. The molecule has 6 heteroatoms. The van der Waals surface area contributed by atoms with Crippen LogP contribution in [0.3, 0.4) is 0 Å². The molecule has 0 radical (unpaired) electrons. The number of thiazole rings is 1. The number of benzene rings is 2. The van der Waals surface area contributed by atoms with Crippen molar-refractivity contribution in [3.63, 3.8) is 0 Å². The molecule has 0 bridgehead atoms. The molecule has 0 atom stereocenters. The first-order chi connectivity index (χ1) is 13.7. The molecule has 0 aliphatic rings. The lowest BCUT2D eigenvalue weighted by molar-refractivity contribution is 0.0951. The van der Waals surface area contributed by atoms with Gasteiger partial charge in [0, 0.05) is 24.4 Å². The van der Waals surface area contributed by atoms with Gasteiger partial charge in [0.1, 0.15) is 5.75 Å². The van der Waals surface area contributed by atoms with Crippen LogP contribution in [0.25, 0.3) is 10.2 Å². The SMILES string of the molecule is CCc1nc2ccc(C(=O)NCc3cccc(Oc4ccccn4)c3)cc2s1. The van der Waals surface area contributed by atoms with Crippen LogP contribution in [0.1, 0.15) is 27.9 Å². The Labute approximate surface area is 167 Å². The van der Waals surface area contributed by atoms with E-state index >= 15 is 0 Å². The molecule has 2 aromatic carbocycles. The highest BCUT2D eigenvalue weighted by Crippen LogP contribution is 2.24. The first kappa shape index (κ1) is 18.1. The number of aromatic nitrogens is 2. The zero-order chi connectivity index (χ0) is 19.3. The highest BCUT2D eigenvalue weighted by atomic mass is 32.1. The molecule has 0 saturated heterocycles. The van der Waals surface area contributed by atoms with Crippen molar-refractivity contribution >= 4 is 27.5 Å². The molecule has 4 rings (SSSR count). The summed E-state index contributed by atoms with van der Waals surface area (Å²) in [6.45, 7) is 2.50. The number of nitrogens with one attached hydrogen (secondary N) is 1. The molecule has 2 aromatic heterocycles. The first-order valence-electron chi connectivity index (χ1n) is 9.07. The van der Waals surface area contributed by atoms with E-state index in [0.717, 1.165) is 27.2 Å². The lowest BCUT2D eigenvalue weighted by Gasteiger charge is -2.08. The summed E-state index contributed by atoms with van der Waals surface area (Å²) < 4.78 is 6.78. The molecule has 1 amide bonds. The zero-order valence-corrected chi connectivity index (χ0v) is 16.2. The fourth-order valence-electron chi connectivity index (χ4n) is 2.80. The molecule has 28 heavy (non-hydrogen) atoms. The smallest absolute Gasteiger partial charge is 0.251 e. The van der Waals surface area contributed by atoms with E-state index in [1.54, 1.807) is 23.6 Å². The molecule has 1 N–H and O–H groups in total. The van der Waals surface area contributed by atoms with Crippen LogP contribution in [0, 0.1) is 0 Å². The van der Waals surface area contributed by atoms with Crippen molar-refractivity contribution in [3.05, 3.63) is 83.0 Å². The van der Waals surface area contributed by atoms with Gasteiger partial charge in [-0.3, -0.25) is 4.79 Å². The fourth-order valence-corrected chi connectivity index (χ4v) is 3.74. The Kier molecular flexibility index (Phi) is 5.30. The Morgan fingerprint density at radius 2 is 2.04 bits per heavy atom. The molecule has 0 spiro atoms. The second-order valence-electron chi connectivity index (χ2n) is 6.24. The van der Waals surface area contributed by atoms with Crippen LogP contribution >= 0.6 is 11.3 Å². The molecule has 0 saturated carbocycles. The van der Waals surface area contributed by atoms with E-state index in [0.29, 0.717) is 23.7 Å². The summed E-state index contributed by atoms with van der Waals surface area (Å²) in [4.78, 5) is 21.2. The van der Waals surface area contributed by atoms with Crippen LogP contribution < -0.4 is 10.1 Å². The van der Waals surface area contributed by atoms with Crippen LogP contribution in [0.2, 0.25) is 0 Å². The third-order valence-corrected chi connectivity index (χ3v) is 5.37. The Balaban J connectivity index is 1.42. The molecule has 0 aliphatic carbocycles. The van der Waals surface area contributed by atoms with Crippen molar-refractivity contribution in [1.29, 1.82) is 0 Å². The first-order valence-corrected chi connectivity index (χ1v) is 9.88.